The number of hydrogen-bond donors (Lipinski definition) is 2. The lowest BCUT2D eigenvalue weighted by molar-refractivity contribution is 0.242. The first-order valence-corrected chi connectivity index (χ1v) is 15.5. The topological polar surface area (TPSA) is 84.7 Å². The molecule has 0 saturated heterocycles. The lowest BCUT2D eigenvalue weighted by Crippen LogP contribution is -2.36. The minimum absolute atomic E-state index is 0.336. The highest BCUT2D eigenvalue weighted by molar-refractivity contribution is 8.00. The Morgan fingerprint density at radius 1 is 1.08 bits per heavy atom. The number of thioether (sulfide) groups is 1. The smallest absolute Gasteiger partial charge is 0.329 e. The normalized spacial score (nSPS) is 17.4. The number of pyridine rings is 1. The summed E-state index contributed by atoms with van der Waals surface area (Å²) in [6.07, 6.45) is 15.3. The summed E-state index contributed by atoms with van der Waals surface area (Å²) in [4.78, 5) is 30.1. The SMILES string of the molecule is CCCCCCCNC(=O)n1c(=O)ccc2ccc(OCCCCNCCN=C3C=CCC4SCC=C34)cc21. The number of ether oxygens (including phenoxy) is 1. The molecule has 210 valence electrons. The summed E-state index contributed by atoms with van der Waals surface area (Å²) in [5.41, 5.74) is 2.81. The van der Waals surface area contributed by atoms with Crippen molar-refractivity contribution in [3.63, 3.8) is 0 Å². The van der Waals surface area contributed by atoms with E-state index in [4.69, 9.17) is 9.73 Å². The number of carbonyl (C=O) groups excluding carboxylic acids is 1. The van der Waals surface area contributed by atoms with Crippen molar-refractivity contribution in [3.05, 3.63) is 64.5 Å². The largest absolute Gasteiger partial charge is 0.494 e. The zero-order valence-electron chi connectivity index (χ0n) is 23.1. The van der Waals surface area contributed by atoms with Crippen molar-refractivity contribution in [1.29, 1.82) is 0 Å². The number of nitrogens with zero attached hydrogens (tertiary/aromatic N) is 2. The summed E-state index contributed by atoms with van der Waals surface area (Å²) in [6, 6.07) is 8.38. The molecule has 1 aromatic heterocycles. The number of hydrogen-bond acceptors (Lipinski definition) is 6. The maximum absolute atomic E-state index is 12.8. The molecule has 7 nitrogen and oxygen atoms in total. The van der Waals surface area contributed by atoms with Gasteiger partial charge in [0.1, 0.15) is 5.75 Å². The van der Waals surface area contributed by atoms with Gasteiger partial charge < -0.3 is 15.4 Å². The molecule has 39 heavy (non-hydrogen) atoms. The highest BCUT2D eigenvalue weighted by Gasteiger charge is 2.24. The summed E-state index contributed by atoms with van der Waals surface area (Å²) in [5, 5.41) is 7.81. The molecule has 2 N–H and O–H groups in total. The Balaban J connectivity index is 1.18. The minimum atomic E-state index is -0.382. The number of carbonyl (C=O) groups is 1. The number of allylic oxidation sites excluding steroid dienone is 2. The molecule has 2 heterocycles. The van der Waals surface area contributed by atoms with Crippen molar-refractivity contribution in [3.8, 4) is 5.75 Å². The molecule has 0 spiro atoms. The number of benzene rings is 1. The van der Waals surface area contributed by atoms with Crippen molar-refractivity contribution < 1.29 is 9.53 Å². The van der Waals surface area contributed by atoms with E-state index in [0.29, 0.717) is 29.7 Å². The molecule has 8 heteroatoms. The molecule has 1 atom stereocenters. The lowest BCUT2D eigenvalue weighted by atomic mass is 9.98. The summed E-state index contributed by atoms with van der Waals surface area (Å²) in [7, 11) is 0. The number of rotatable bonds is 15. The minimum Gasteiger partial charge on any atom is -0.494 e. The van der Waals surface area contributed by atoms with E-state index >= 15 is 0 Å². The molecule has 0 bridgehead atoms. The maximum Gasteiger partial charge on any atom is 0.329 e. The van der Waals surface area contributed by atoms with Gasteiger partial charge >= 0.3 is 6.03 Å². The molecule has 0 radical (unpaired) electrons. The maximum atomic E-state index is 12.8. The first-order valence-electron chi connectivity index (χ1n) is 14.5. The monoisotopic (exact) mass is 550 g/mol. The second-order valence-electron chi connectivity index (χ2n) is 10.1. The summed E-state index contributed by atoms with van der Waals surface area (Å²) in [6.45, 7) is 5.90. The Morgan fingerprint density at radius 2 is 1.92 bits per heavy atom. The third kappa shape index (κ3) is 8.57. The fourth-order valence-corrected chi connectivity index (χ4v) is 6.07. The number of aromatic nitrogens is 1. The van der Waals surface area contributed by atoms with E-state index in [1.165, 1.54) is 35.5 Å². The van der Waals surface area contributed by atoms with Gasteiger partial charge in [-0.1, -0.05) is 44.8 Å². The van der Waals surface area contributed by atoms with E-state index in [9.17, 15) is 9.59 Å². The number of amides is 1. The van der Waals surface area contributed by atoms with Gasteiger partial charge in [0.2, 0.25) is 0 Å². The first kappa shape index (κ1) is 29.2. The van der Waals surface area contributed by atoms with E-state index < -0.39 is 0 Å². The fraction of sp³-hybridized carbons (Fsp3) is 0.516. The highest BCUT2D eigenvalue weighted by Crippen LogP contribution is 2.33. The molecular weight excluding hydrogens is 508 g/mol. The Bertz CT molecular complexity index is 1250. The summed E-state index contributed by atoms with van der Waals surface area (Å²) >= 11 is 2.01. The molecular formula is C31H42N4O3S. The molecule has 2 aromatic rings. The van der Waals surface area contributed by atoms with Crippen LogP contribution in [0, 0.1) is 0 Å². The second kappa shape index (κ2) is 15.7. The zero-order valence-corrected chi connectivity index (χ0v) is 23.9. The van der Waals surface area contributed by atoms with Crippen LogP contribution in [0.2, 0.25) is 0 Å². The number of nitrogens with one attached hydrogen (secondary N) is 2. The molecule has 4 rings (SSSR count). The van der Waals surface area contributed by atoms with Crippen LogP contribution >= 0.6 is 11.8 Å². The van der Waals surface area contributed by atoms with Gasteiger partial charge in [0.15, 0.2) is 0 Å². The highest BCUT2D eigenvalue weighted by atomic mass is 32.2. The molecule has 1 aromatic carbocycles. The molecule has 1 aliphatic heterocycles. The van der Waals surface area contributed by atoms with E-state index in [-0.39, 0.29) is 11.6 Å². The predicted molar refractivity (Wildman–Crippen MR) is 164 cm³/mol. The van der Waals surface area contributed by atoms with Gasteiger partial charge in [-0.05, 0) is 67.5 Å². The van der Waals surface area contributed by atoms with Crippen molar-refractivity contribution in [1.82, 2.24) is 15.2 Å². The van der Waals surface area contributed by atoms with Gasteiger partial charge in [0.25, 0.3) is 5.56 Å². The summed E-state index contributed by atoms with van der Waals surface area (Å²) in [5.74, 6) is 1.77. The predicted octanol–water partition coefficient (Wildman–Crippen LogP) is 5.72. The fourth-order valence-electron chi connectivity index (χ4n) is 4.92. The van der Waals surface area contributed by atoms with Gasteiger partial charge in [-0.2, -0.15) is 0 Å². The lowest BCUT2D eigenvalue weighted by Gasteiger charge is -2.17. The van der Waals surface area contributed by atoms with Crippen LogP contribution in [0.5, 0.6) is 5.75 Å². The molecule has 1 aliphatic carbocycles. The van der Waals surface area contributed by atoms with Gasteiger partial charge in [-0.25, -0.2) is 9.36 Å². The van der Waals surface area contributed by atoms with Crippen LogP contribution in [0.4, 0.5) is 4.79 Å². The second-order valence-corrected chi connectivity index (χ2v) is 11.3. The van der Waals surface area contributed by atoms with Crippen molar-refractivity contribution in [2.24, 2.45) is 4.99 Å². The van der Waals surface area contributed by atoms with Crippen LogP contribution in [-0.4, -0.2) is 60.1 Å². The molecule has 1 amide bonds. The molecule has 0 fully saturated rings. The van der Waals surface area contributed by atoms with Crippen LogP contribution in [0.3, 0.4) is 0 Å². The van der Waals surface area contributed by atoms with Crippen LogP contribution in [0.1, 0.15) is 58.3 Å². The molecule has 1 unspecified atom stereocenters. The Morgan fingerprint density at radius 3 is 2.82 bits per heavy atom. The molecule has 0 saturated carbocycles. The Kier molecular flexibility index (Phi) is 11.7. The van der Waals surface area contributed by atoms with Crippen LogP contribution in [0.15, 0.2) is 63.9 Å². The average Bonchev–Trinajstić information content (AvgIpc) is 3.43. The van der Waals surface area contributed by atoms with Crippen LogP contribution < -0.4 is 20.9 Å². The van der Waals surface area contributed by atoms with Gasteiger partial charge in [0.05, 0.1) is 24.4 Å². The van der Waals surface area contributed by atoms with Crippen molar-refractivity contribution >= 4 is 34.4 Å². The average molecular weight is 551 g/mol. The standard InChI is InChI=1S/C31H42N4O3S/c1-2-3-4-5-6-18-34-31(37)35-28-23-25(14-12-24(28)13-15-30(35)36)38-21-8-7-17-32-19-20-33-27-10-9-11-29-26(27)16-22-39-29/h9-10,12-16,23,29,32H,2-8,11,17-22H2,1H3,(H,34,37). The van der Waals surface area contributed by atoms with Gasteiger partial charge in [0, 0.05) is 36.2 Å². The Labute approximate surface area is 236 Å². The third-order valence-corrected chi connectivity index (χ3v) is 8.29. The number of aliphatic imine (C=N–C) groups is 1. The van der Waals surface area contributed by atoms with E-state index in [1.54, 1.807) is 12.1 Å². The van der Waals surface area contributed by atoms with E-state index in [2.05, 4.69) is 35.8 Å². The first-order chi connectivity index (χ1) is 19.2. The Hall–Kier alpha value is -2.84. The van der Waals surface area contributed by atoms with E-state index in [0.717, 1.165) is 68.6 Å². The quantitative estimate of drug-likeness (QED) is 0.277. The van der Waals surface area contributed by atoms with Crippen LogP contribution in [-0.2, 0) is 0 Å². The number of unbranched alkanes of at least 4 members (excludes halogenated alkanes) is 5. The van der Waals surface area contributed by atoms with Crippen LogP contribution in [0.25, 0.3) is 10.9 Å². The van der Waals surface area contributed by atoms with Gasteiger partial charge in [-0.15, -0.1) is 11.8 Å². The summed E-state index contributed by atoms with van der Waals surface area (Å²) < 4.78 is 7.17. The molecule has 2 aliphatic rings. The number of fused-ring (bicyclic) bond motifs is 2. The van der Waals surface area contributed by atoms with E-state index in [1.807, 2.05) is 23.9 Å². The van der Waals surface area contributed by atoms with Crippen molar-refractivity contribution in [2.75, 3.05) is 38.5 Å². The van der Waals surface area contributed by atoms with Gasteiger partial charge in [-0.3, -0.25) is 9.79 Å². The zero-order chi connectivity index (χ0) is 27.3. The van der Waals surface area contributed by atoms with Crippen molar-refractivity contribution in [2.45, 2.75) is 63.5 Å². The third-order valence-electron chi connectivity index (χ3n) is 7.08.